The third-order valence-corrected chi connectivity index (χ3v) is 5.12. The molecular formula is C18H19F3N4O2. The SMILES string of the molecule is O=C1C[C@H]2[C@H](CCN2Cc2ncc[nH]2)N1Cc1cccc(OC(F)(F)F)c1. The van der Waals surface area contributed by atoms with E-state index >= 15 is 0 Å². The first kappa shape index (κ1) is 17.8. The molecule has 6 nitrogen and oxygen atoms in total. The molecule has 0 unspecified atom stereocenters. The van der Waals surface area contributed by atoms with Crippen LogP contribution in [0.15, 0.2) is 36.7 Å². The van der Waals surface area contributed by atoms with Gasteiger partial charge in [0.15, 0.2) is 0 Å². The van der Waals surface area contributed by atoms with Gasteiger partial charge in [-0.3, -0.25) is 9.69 Å². The first-order valence-electron chi connectivity index (χ1n) is 8.75. The number of hydrogen-bond donors (Lipinski definition) is 1. The summed E-state index contributed by atoms with van der Waals surface area (Å²) >= 11 is 0. The molecule has 1 N–H and O–H groups in total. The van der Waals surface area contributed by atoms with Crippen LogP contribution in [0.3, 0.4) is 0 Å². The highest BCUT2D eigenvalue weighted by atomic mass is 19.4. The van der Waals surface area contributed by atoms with E-state index in [1.54, 1.807) is 23.4 Å². The van der Waals surface area contributed by atoms with Crippen molar-refractivity contribution in [3.63, 3.8) is 0 Å². The zero-order chi connectivity index (χ0) is 19.0. The Labute approximate surface area is 153 Å². The number of carbonyl (C=O) groups excluding carboxylic acids is 1. The average Bonchev–Trinajstić information content (AvgIpc) is 3.28. The molecule has 2 fully saturated rings. The van der Waals surface area contributed by atoms with E-state index in [0.717, 1.165) is 18.8 Å². The summed E-state index contributed by atoms with van der Waals surface area (Å²) in [6, 6.07) is 5.98. The average molecular weight is 380 g/mol. The standard InChI is InChI=1S/C18H19F3N4O2/c19-18(20,21)27-13-3-1-2-12(8-13)10-25-14-4-7-24(15(14)9-17(25)26)11-16-22-5-6-23-16/h1-3,5-6,8,14-15H,4,7,9-11H2,(H,22,23)/t14-,15-/m0/s1. The topological polar surface area (TPSA) is 61.5 Å². The van der Waals surface area contributed by atoms with Gasteiger partial charge in [-0.25, -0.2) is 4.98 Å². The van der Waals surface area contributed by atoms with Crippen LogP contribution < -0.4 is 4.74 Å². The summed E-state index contributed by atoms with van der Waals surface area (Å²) in [5.41, 5.74) is 0.621. The van der Waals surface area contributed by atoms with Crippen molar-refractivity contribution in [3.8, 4) is 5.75 Å². The fourth-order valence-corrected chi connectivity index (χ4v) is 4.03. The van der Waals surface area contributed by atoms with Gasteiger partial charge in [-0.1, -0.05) is 12.1 Å². The van der Waals surface area contributed by atoms with Gasteiger partial charge in [-0.05, 0) is 24.1 Å². The van der Waals surface area contributed by atoms with Gasteiger partial charge in [0.1, 0.15) is 11.6 Å². The Balaban J connectivity index is 1.44. The van der Waals surface area contributed by atoms with Crippen molar-refractivity contribution in [1.29, 1.82) is 0 Å². The van der Waals surface area contributed by atoms with Crippen molar-refractivity contribution in [2.75, 3.05) is 6.54 Å². The number of amides is 1. The first-order valence-corrected chi connectivity index (χ1v) is 8.75. The van der Waals surface area contributed by atoms with Crippen LogP contribution in [0.1, 0.15) is 24.2 Å². The van der Waals surface area contributed by atoms with Crippen molar-refractivity contribution in [2.45, 2.75) is 44.4 Å². The number of halogens is 3. The Morgan fingerprint density at radius 2 is 2.11 bits per heavy atom. The first-order chi connectivity index (χ1) is 12.9. The Bertz CT molecular complexity index is 809. The minimum absolute atomic E-state index is 0.0243. The number of nitrogens with zero attached hydrogens (tertiary/aromatic N) is 3. The molecule has 2 aliphatic heterocycles. The van der Waals surface area contributed by atoms with E-state index in [1.807, 2.05) is 0 Å². The van der Waals surface area contributed by atoms with Gasteiger partial charge in [0.2, 0.25) is 5.91 Å². The van der Waals surface area contributed by atoms with Crippen LogP contribution in [-0.4, -0.2) is 50.7 Å². The summed E-state index contributed by atoms with van der Waals surface area (Å²) in [5.74, 6) is 0.615. The molecule has 0 radical (unpaired) electrons. The lowest BCUT2D eigenvalue weighted by Crippen LogP contribution is -2.36. The molecule has 27 heavy (non-hydrogen) atoms. The molecule has 2 aromatic rings. The monoisotopic (exact) mass is 380 g/mol. The molecule has 2 atom stereocenters. The van der Waals surface area contributed by atoms with E-state index in [0.29, 0.717) is 18.5 Å². The van der Waals surface area contributed by atoms with Crippen molar-refractivity contribution in [2.24, 2.45) is 0 Å². The van der Waals surface area contributed by atoms with Crippen LogP contribution in [0.2, 0.25) is 0 Å². The van der Waals surface area contributed by atoms with Gasteiger partial charge in [0, 0.05) is 44.0 Å². The zero-order valence-corrected chi connectivity index (χ0v) is 14.4. The van der Waals surface area contributed by atoms with Crippen LogP contribution in [0.25, 0.3) is 0 Å². The lowest BCUT2D eigenvalue weighted by Gasteiger charge is -2.25. The number of likely N-dealkylation sites (tertiary alicyclic amines) is 2. The molecule has 1 aromatic carbocycles. The predicted molar refractivity (Wildman–Crippen MR) is 89.5 cm³/mol. The summed E-state index contributed by atoms with van der Waals surface area (Å²) in [6.45, 7) is 1.80. The number of alkyl halides is 3. The summed E-state index contributed by atoms with van der Waals surface area (Å²) in [4.78, 5) is 23.8. The Hall–Kier alpha value is -2.55. The van der Waals surface area contributed by atoms with Crippen molar-refractivity contribution in [3.05, 3.63) is 48.0 Å². The third kappa shape index (κ3) is 3.92. The van der Waals surface area contributed by atoms with Crippen LogP contribution >= 0.6 is 0 Å². The van der Waals surface area contributed by atoms with Gasteiger partial charge in [-0.2, -0.15) is 0 Å². The van der Waals surface area contributed by atoms with Gasteiger partial charge >= 0.3 is 6.36 Å². The van der Waals surface area contributed by atoms with Crippen molar-refractivity contribution < 1.29 is 22.7 Å². The van der Waals surface area contributed by atoms with E-state index in [4.69, 9.17) is 0 Å². The molecule has 0 bridgehead atoms. The number of fused-ring (bicyclic) bond motifs is 1. The maximum atomic E-state index is 12.5. The van der Waals surface area contributed by atoms with Crippen molar-refractivity contribution in [1.82, 2.24) is 19.8 Å². The number of imidazole rings is 1. The Kier molecular flexibility index (Phi) is 4.55. The fourth-order valence-electron chi connectivity index (χ4n) is 4.03. The summed E-state index contributed by atoms with van der Waals surface area (Å²) in [5, 5.41) is 0. The number of carbonyl (C=O) groups is 1. The smallest absolute Gasteiger partial charge is 0.406 e. The molecule has 9 heteroatoms. The maximum Gasteiger partial charge on any atom is 0.573 e. The third-order valence-electron chi connectivity index (χ3n) is 5.12. The van der Waals surface area contributed by atoms with E-state index < -0.39 is 6.36 Å². The molecule has 2 aliphatic rings. The zero-order valence-electron chi connectivity index (χ0n) is 14.4. The second-order valence-electron chi connectivity index (χ2n) is 6.85. The predicted octanol–water partition coefficient (Wildman–Crippen LogP) is 2.68. The second kappa shape index (κ2) is 6.88. The number of H-pyrrole nitrogens is 1. The Morgan fingerprint density at radius 1 is 1.26 bits per heavy atom. The number of benzene rings is 1. The van der Waals surface area contributed by atoms with Crippen LogP contribution in [-0.2, 0) is 17.9 Å². The molecule has 1 aromatic heterocycles. The number of nitrogens with one attached hydrogen (secondary N) is 1. The van der Waals surface area contributed by atoms with Crippen LogP contribution in [0, 0.1) is 0 Å². The number of aromatic nitrogens is 2. The number of rotatable bonds is 5. The largest absolute Gasteiger partial charge is 0.573 e. The summed E-state index contributed by atoms with van der Waals surface area (Å²) < 4.78 is 41.2. The molecule has 3 heterocycles. The fraction of sp³-hybridized carbons (Fsp3) is 0.444. The van der Waals surface area contributed by atoms with E-state index in [2.05, 4.69) is 19.6 Å². The van der Waals surface area contributed by atoms with E-state index in [9.17, 15) is 18.0 Å². The molecule has 0 aliphatic carbocycles. The summed E-state index contributed by atoms with van der Waals surface area (Å²) in [6.07, 6.45) is 0.000953. The molecule has 0 spiro atoms. The van der Waals surface area contributed by atoms with E-state index in [1.165, 1.54) is 18.2 Å². The highest BCUT2D eigenvalue weighted by molar-refractivity contribution is 5.80. The molecule has 4 rings (SSSR count). The van der Waals surface area contributed by atoms with Crippen LogP contribution in [0.4, 0.5) is 13.2 Å². The minimum atomic E-state index is -4.73. The Morgan fingerprint density at radius 3 is 2.85 bits per heavy atom. The quantitative estimate of drug-likeness (QED) is 0.867. The van der Waals surface area contributed by atoms with Gasteiger partial charge < -0.3 is 14.6 Å². The second-order valence-corrected chi connectivity index (χ2v) is 6.85. The van der Waals surface area contributed by atoms with Crippen LogP contribution in [0.5, 0.6) is 5.75 Å². The molecule has 0 saturated carbocycles. The highest BCUT2D eigenvalue weighted by Gasteiger charge is 2.46. The number of hydrogen-bond acceptors (Lipinski definition) is 4. The molecular weight excluding hydrogens is 361 g/mol. The molecule has 2 saturated heterocycles. The van der Waals surface area contributed by atoms with Gasteiger partial charge in [-0.15, -0.1) is 13.2 Å². The number of ether oxygens (including phenoxy) is 1. The van der Waals surface area contributed by atoms with Gasteiger partial charge in [0.05, 0.1) is 6.54 Å². The van der Waals surface area contributed by atoms with E-state index in [-0.39, 0.29) is 30.3 Å². The van der Waals surface area contributed by atoms with Crippen molar-refractivity contribution >= 4 is 5.91 Å². The highest BCUT2D eigenvalue weighted by Crippen LogP contribution is 2.34. The number of aromatic amines is 1. The lowest BCUT2D eigenvalue weighted by molar-refractivity contribution is -0.274. The summed E-state index contributed by atoms with van der Waals surface area (Å²) in [7, 11) is 0. The minimum Gasteiger partial charge on any atom is -0.406 e. The normalized spacial score (nSPS) is 23.1. The molecule has 1 amide bonds. The molecule has 144 valence electrons. The lowest BCUT2D eigenvalue weighted by atomic mass is 10.1. The van der Waals surface area contributed by atoms with Gasteiger partial charge in [0.25, 0.3) is 0 Å². The maximum absolute atomic E-state index is 12.5.